The average molecular weight is 1880 g/mol. The van der Waals surface area contributed by atoms with Crippen molar-refractivity contribution in [3.63, 3.8) is 0 Å². The second-order valence-corrected chi connectivity index (χ2v) is 43.2. The van der Waals surface area contributed by atoms with E-state index in [1.54, 1.807) is 20.8 Å². The molecular formula is C107H172N6O21. The molecule has 2 heterocycles. The zero-order valence-electron chi connectivity index (χ0n) is 85.9. The summed E-state index contributed by atoms with van der Waals surface area (Å²) in [6, 6.07) is 33.0. The van der Waals surface area contributed by atoms with Gasteiger partial charge in [-0.1, -0.05) is 308 Å². The van der Waals surface area contributed by atoms with Gasteiger partial charge < -0.3 is 71.3 Å². The molecule has 14 atom stereocenters. The molecule has 7 rings (SSSR count). The monoisotopic (exact) mass is 1880 g/mol. The number of nitrogens with two attached hydrogens (primary N) is 2. The van der Waals surface area contributed by atoms with Crippen molar-refractivity contribution in [2.75, 3.05) is 13.1 Å². The van der Waals surface area contributed by atoms with Gasteiger partial charge in [-0.2, -0.15) is 0 Å². The highest BCUT2D eigenvalue weighted by Crippen LogP contribution is 2.39. The number of alkyl carbamates (subject to hydrolysis) is 2. The van der Waals surface area contributed by atoms with Gasteiger partial charge in [0.25, 0.3) is 0 Å². The lowest BCUT2D eigenvalue weighted by molar-refractivity contribution is -0.154. The molecule has 0 aromatic heterocycles. The van der Waals surface area contributed by atoms with Crippen LogP contribution in [0.1, 0.15) is 302 Å². The molecule has 14 unspecified atom stereocenters. The van der Waals surface area contributed by atoms with E-state index in [1.165, 1.54) is 30.6 Å². The Kier molecular flexibility index (Phi) is 53.7. The second kappa shape index (κ2) is 57.7. The lowest BCUT2D eigenvalue weighted by Crippen LogP contribution is -2.57. The molecule has 134 heavy (non-hydrogen) atoms. The maximum absolute atomic E-state index is 13.3. The zero-order chi connectivity index (χ0) is 102. The number of hydrogen-bond acceptors (Lipinski definition) is 23. The average Bonchev–Trinajstić information content (AvgIpc) is 1.65. The first-order valence-electron chi connectivity index (χ1n) is 47.2. The molecule has 27 heteroatoms. The van der Waals surface area contributed by atoms with Crippen LogP contribution in [-0.2, 0) is 98.1 Å². The SMILES string of the molecule is C.CC(C)(C)C(=O)OCc1ccccc1.CC(C)C(C)C(=O)C(C)(C)C.CC(C)C(N)C(=O)C(C)(C)C.CC(O)C(CC(=O)OCc1ccccc1)C(=O)C(C)(C)C.CC(O)C(N)C(=O)N1CCCC1C(=O)C(C)(C)C.CC(O)C(NC(=O)OCc1ccccc1)C(=O)C1CCCC1C(=O)C(C)(C)C.CCCC(O)C(NC(=O)OCc1ccccc1)C(=O)N1CCCC1C(=O)C(C)(C)C. The first kappa shape index (κ1) is 125. The Morgan fingerprint density at radius 1 is 0.388 bits per heavy atom. The number of hydrogen-bond donors (Lipinski definition) is 8. The summed E-state index contributed by atoms with van der Waals surface area (Å²) in [5.41, 5.74) is 11.8. The van der Waals surface area contributed by atoms with Crippen LogP contribution in [0, 0.1) is 73.4 Å². The number of carbonyl (C=O) groups excluding carboxylic acids is 13. The van der Waals surface area contributed by atoms with E-state index >= 15 is 0 Å². The fourth-order valence-electron chi connectivity index (χ4n) is 14.3. The number of esters is 2. The second-order valence-electron chi connectivity index (χ2n) is 43.2. The van der Waals surface area contributed by atoms with Crippen LogP contribution in [0.3, 0.4) is 0 Å². The van der Waals surface area contributed by atoms with Gasteiger partial charge in [0.2, 0.25) is 11.8 Å². The summed E-state index contributed by atoms with van der Waals surface area (Å²) in [6.45, 7) is 57.2. The van der Waals surface area contributed by atoms with Gasteiger partial charge in [0.05, 0.1) is 60.3 Å². The van der Waals surface area contributed by atoms with Crippen LogP contribution < -0.4 is 22.1 Å². The van der Waals surface area contributed by atoms with E-state index in [0.29, 0.717) is 76.3 Å². The number of nitrogens with one attached hydrogen (secondary N) is 2. The zero-order valence-corrected chi connectivity index (χ0v) is 85.9. The van der Waals surface area contributed by atoms with Crippen molar-refractivity contribution in [2.24, 2.45) is 84.9 Å². The van der Waals surface area contributed by atoms with E-state index in [9.17, 15) is 82.8 Å². The normalized spacial score (nSPS) is 17.8. The van der Waals surface area contributed by atoms with E-state index in [0.717, 1.165) is 35.1 Å². The summed E-state index contributed by atoms with van der Waals surface area (Å²) >= 11 is 0. The van der Waals surface area contributed by atoms with E-state index in [2.05, 4.69) is 24.5 Å². The highest BCUT2D eigenvalue weighted by atomic mass is 16.6. The molecule has 1 aliphatic carbocycles. The number of carbonyl (C=O) groups is 13. The lowest BCUT2D eigenvalue weighted by Gasteiger charge is -2.33. The Balaban J connectivity index is 0.00000159. The van der Waals surface area contributed by atoms with E-state index < -0.39 is 112 Å². The smallest absolute Gasteiger partial charge is 0.408 e. The third kappa shape index (κ3) is 44.7. The Morgan fingerprint density at radius 2 is 0.739 bits per heavy atom. The molecule has 4 amide bonds. The Morgan fingerprint density at radius 3 is 1.04 bits per heavy atom. The minimum Gasteiger partial charge on any atom is -0.461 e. The van der Waals surface area contributed by atoms with Gasteiger partial charge in [0.1, 0.15) is 61.9 Å². The van der Waals surface area contributed by atoms with Crippen LogP contribution in [0.5, 0.6) is 0 Å². The molecule has 1 saturated carbocycles. The van der Waals surface area contributed by atoms with Crippen LogP contribution >= 0.6 is 0 Å². The highest BCUT2D eigenvalue weighted by molar-refractivity contribution is 5.98. The van der Waals surface area contributed by atoms with Crippen molar-refractivity contribution >= 4 is 76.4 Å². The standard InChI is InChI=1S/C23H34N2O5.C22H31NO5.C17H24O4.C13H24N2O3.C12H16O2.C10H20O.C9H19NO.CH4/c1-5-10-18(26)19(24-22(29)30-15-16-11-7-6-8-12-16)21(28)25-14-9-13-17(25)20(27)23(2,3)4;1-14(24)18(23-21(27)28-13-15-9-6-5-7-10-15)19(25)16-11-8-12-17(16)20(26)22(2,3)4;1-12(18)14(16(20)17(2,3)4)10-15(19)21-11-13-8-6-5-7-9-13;1-8(16)10(14)12(18)15-7-5-6-9(15)11(17)13(2,3)4;1-12(2,3)11(13)14-9-10-7-5-4-6-8-10;1-7(2)8(3)9(11)10(4,5)6;1-6(2)7(10)8(11)9(3,4)5;/h6-8,11-12,17-19,26H,5,9-10,13-15H2,1-4H3,(H,24,29);5-7,9-10,14,16-18,24H,8,11-13H2,1-4H3,(H,23,27);5-9,12,14,18H,10-11H2,1-4H3;8-10,16H,5-7,14H2,1-4H3;4-8H,9H2,1-3H3;7-8H,1-6H3;6-7H,10H2,1-5H3;1H4. The predicted molar refractivity (Wildman–Crippen MR) is 527 cm³/mol. The number of nitrogens with zero attached hydrogens (tertiary/aromatic N) is 2. The van der Waals surface area contributed by atoms with Gasteiger partial charge in [0, 0.05) is 63.3 Å². The number of benzene rings is 4. The molecule has 10 N–H and O–H groups in total. The molecule has 4 aromatic carbocycles. The number of aliphatic hydroxyl groups is 4. The molecule has 3 aliphatic rings. The first-order chi connectivity index (χ1) is 61.2. The minimum atomic E-state index is -1.15. The summed E-state index contributed by atoms with van der Waals surface area (Å²) in [5, 5.41) is 44.8. The molecule has 4 aromatic rings. The summed E-state index contributed by atoms with van der Waals surface area (Å²) in [7, 11) is 0. The van der Waals surface area contributed by atoms with Gasteiger partial charge in [0.15, 0.2) is 23.1 Å². The van der Waals surface area contributed by atoms with Crippen molar-refractivity contribution < 1.29 is 102 Å². The number of likely N-dealkylation sites (tertiary alicyclic amines) is 2. The van der Waals surface area contributed by atoms with Crippen LogP contribution in [0.25, 0.3) is 0 Å². The highest BCUT2D eigenvalue weighted by Gasteiger charge is 2.47. The summed E-state index contributed by atoms with van der Waals surface area (Å²) in [4.78, 5) is 162. The molecule has 0 spiro atoms. The van der Waals surface area contributed by atoms with E-state index in [1.807, 2.05) is 274 Å². The summed E-state index contributed by atoms with van der Waals surface area (Å²) < 4.78 is 20.7. The van der Waals surface area contributed by atoms with Crippen LogP contribution in [0.15, 0.2) is 121 Å². The minimum absolute atomic E-state index is 0. The number of aliphatic hydroxyl groups excluding tert-OH is 4. The number of ketones is 7. The maximum Gasteiger partial charge on any atom is 0.408 e. The molecular weight excluding hydrogens is 1710 g/mol. The molecule has 2 aliphatic heterocycles. The van der Waals surface area contributed by atoms with E-state index in [-0.39, 0.29) is 121 Å². The first-order valence-corrected chi connectivity index (χ1v) is 47.2. The topological polar surface area (TPSA) is 422 Å². The molecule has 27 nitrogen and oxygen atoms in total. The molecule has 3 fully saturated rings. The van der Waals surface area contributed by atoms with Crippen LogP contribution in [0.2, 0.25) is 0 Å². The Labute approximate surface area is 802 Å². The van der Waals surface area contributed by atoms with Crippen molar-refractivity contribution in [3.8, 4) is 0 Å². The van der Waals surface area contributed by atoms with Crippen molar-refractivity contribution in [1.82, 2.24) is 20.4 Å². The number of ether oxygens (including phenoxy) is 4. The quantitative estimate of drug-likeness (QED) is 0.0177. The van der Waals surface area contributed by atoms with Crippen LogP contribution in [-0.4, -0.2) is 180 Å². The largest absolute Gasteiger partial charge is 0.461 e. The maximum atomic E-state index is 13.3. The fourth-order valence-corrected chi connectivity index (χ4v) is 14.3. The van der Waals surface area contributed by atoms with Crippen LogP contribution in [0.4, 0.5) is 9.59 Å². The summed E-state index contributed by atoms with van der Waals surface area (Å²) in [6.07, 6.45) is 0.303. The molecule has 0 radical (unpaired) electrons. The van der Waals surface area contributed by atoms with Crippen molar-refractivity contribution in [3.05, 3.63) is 144 Å². The van der Waals surface area contributed by atoms with Gasteiger partial charge >= 0.3 is 24.1 Å². The van der Waals surface area contributed by atoms with Gasteiger partial charge in [-0.15, -0.1) is 0 Å². The Bertz CT molecular complexity index is 4220. The van der Waals surface area contributed by atoms with Crippen molar-refractivity contribution in [2.45, 2.75) is 366 Å². The van der Waals surface area contributed by atoms with Gasteiger partial charge in [-0.3, -0.25) is 52.7 Å². The van der Waals surface area contributed by atoms with Gasteiger partial charge in [-0.25, -0.2) is 9.59 Å². The number of amides is 4. The molecule has 756 valence electrons. The third-order valence-electron chi connectivity index (χ3n) is 22.9. The van der Waals surface area contributed by atoms with Gasteiger partial charge in [-0.05, 0) is 121 Å². The summed E-state index contributed by atoms with van der Waals surface area (Å²) in [5.74, 6) is -1.90. The number of Topliss-reactive ketones (excluding diaryl/α,β-unsaturated/α-hetero) is 7. The Hall–Kier alpha value is -9.25. The fraction of sp³-hybridized carbons (Fsp3) is 0.654. The third-order valence-corrected chi connectivity index (χ3v) is 22.9. The predicted octanol–water partition coefficient (Wildman–Crippen LogP) is 17.2. The van der Waals surface area contributed by atoms with E-state index in [4.69, 9.17) is 30.4 Å². The lowest BCUT2D eigenvalue weighted by atomic mass is 9.76. The molecule has 2 saturated heterocycles. The number of rotatable bonds is 30. The van der Waals surface area contributed by atoms with Crippen molar-refractivity contribution in [1.29, 1.82) is 0 Å². The molecule has 0 bridgehead atoms.